The fraction of sp³-hybridized carbons (Fsp3) is 0.452. The molecule has 6 rings (SSSR count). The number of hydrogen-bond acceptors (Lipinski definition) is 8. The number of methoxy groups -OCH3 is 1. The normalized spacial score (nSPS) is 18.7. The standard InChI is InChI=1S/C31H33F5N8O2/c1-14-13-44(17(4)38-14)30(45)42-11-9-21(16(42)3)43-10-7-6-8-20-22-27(40-29(46-5)41-28(22)43)25(33)26(39-20)18-12-19(37)24(32)15(2)23(18)31(34,35)36/h12-13,16,21H,6-11,37H2,1-5H3. The highest BCUT2D eigenvalue weighted by atomic mass is 19.4. The predicted molar refractivity (Wildman–Crippen MR) is 161 cm³/mol. The Hall–Kier alpha value is -4.56. The van der Waals surface area contributed by atoms with Gasteiger partial charge in [-0.15, -0.1) is 0 Å². The van der Waals surface area contributed by atoms with E-state index in [2.05, 4.69) is 19.9 Å². The zero-order valence-corrected chi connectivity index (χ0v) is 26.0. The summed E-state index contributed by atoms with van der Waals surface area (Å²) < 4.78 is 80.8. The number of rotatable bonds is 3. The Morgan fingerprint density at radius 3 is 2.43 bits per heavy atom. The Kier molecular flexibility index (Phi) is 7.75. The van der Waals surface area contributed by atoms with Crippen LogP contribution in [0.3, 0.4) is 0 Å². The molecule has 1 fully saturated rings. The lowest BCUT2D eigenvalue weighted by molar-refractivity contribution is -0.137. The zero-order valence-electron chi connectivity index (χ0n) is 26.0. The minimum Gasteiger partial charge on any atom is -0.467 e. The number of benzene rings is 1. The number of aromatic nitrogens is 5. The maximum atomic E-state index is 16.5. The van der Waals surface area contributed by atoms with Crippen LogP contribution in [0.4, 0.5) is 38.3 Å². The molecule has 244 valence electrons. The van der Waals surface area contributed by atoms with E-state index in [-0.39, 0.29) is 35.0 Å². The fourth-order valence-electron chi connectivity index (χ4n) is 6.80. The third-order valence-electron chi connectivity index (χ3n) is 8.97. The SMILES string of the molecule is COc1nc2c3c(nc(-c4cc(N)c(F)c(C)c4C(F)(F)F)c(F)c3n1)CCCCN2C1CCN(C(=O)n2cc(C)nc2C)C1C. The van der Waals surface area contributed by atoms with Crippen LogP contribution in [0.25, 0.3) is 22.2 Å². The number of halogens is 5. The number of likely N-dealkylation sites (tertiary alicyclic amines) is 1. The van der Waals surface area contributed by atoms with Crippen LogP contribution in [0.15, 0.2) is 12.3 Å². The second-order valence-electron chi connectivity index (χ2n) is 11.8. The highest BCUT2D eigenvalue weighted by Crippen LogP contribution is 2.44. The molecular weight excluding hydrogens is 611 g/mol. The maximum absolute atomic E-state index is 16.5. The smallest absolute Gasteiger partial charge is 0.417 e. The lowest BCUT2D eigenvalue weighted by atomic mass is 9.95. The summed E-state index contributed by atoms with van der Waals surface area (Å²) in [6.45, 7) is 7.43. The molecule has 0 saturated carbocycles. The molecule has 5 heterocycles. The molecule has 0 aliphatic carbocycles. The monoisotopic (exact) mass is 644 g/mol. The molecule has 4 aromatic rings. The number of carbonyl (C=O) groups excluding carboxylic acids is 1. The third-order valence-corrected chi connectivity index (χ3v) is 8.97. The van der Waals surface area contributed by atoms with Gasteiger partial charge in [-0.1, -0.05) is 0 Å². The van der Waals surface area contributed by atoms with Crippen LogP contribution < -0.4 is 15.4 Å². The first-order chi connectivity index (χ1) is 21.7. The summed E-state index contributed by atoms with van der Waals surface area (Å²) in [5.41, 5.74) is 2.48. The summed E-state index contributed by atoms with van der Waals surface area (Å²) >= 11 is 0. The number of aryl methyl sites for hydroxylation is 3. The quantitative estimate of drug-likeness (QED) is 0.214. The van der Waals surface area contributed by atoms with Crippen LogP contribution in [0, 0.1) is 32.4 Å². The van der Waals surface area contributed by atoms with E-state index in [0.717, 1.165) is 18.7 Å². The van der Waals surface area contributed by atoms with Gasteiger partial charge in [0, 0.05) is 24.8 Å². The molecular formula is C31H33F5N8O2. The average Bonchev–Trinajstić information content (AvgIpc) is 3.54. The van der Waals surface area contributed by atoms with Gasteiger partial charge in [0.1, 0.15) is 28.7 Å². The van der Waals surface area contributed by atoms with Crippen molar-refractivity contribution in [3.8, 4) is 17.3 Å². The number of nitrogens with zero attached hydrogens (tertiary/aromatic N) is 7. The van der Waals surface area contributed by atoms with Gasteiger partial charge in [0.25, 0.3) is 0 Å². The molecule has 2 aliphatic heterocycles. The molecule has 1 aromatic carbocycles. The number of carbonyl (C=O) groups is 1. The van der Waals surface area contributed by atoms with E-state index in [9.17, 15) is 22.4 Å². The van der Waals surface area contributed by atoms with Gasteiger partial charge in [-0.2, -0.15) is 23.1 Å². The van der Waals surface area contributed by atoms with Gasteiger partial charge in [0.2, 0.25) is 0 Å². The third kappa shape index (κ3) is 5.05. The molecule has 3 aromatic heterocycles. The molecule has 10 nitrogen and oxygen atoms in total. The Labute approximate surface area is 261 Å². The van der Waals surface area contributed by atoms with Crippen molar-refractivity contribution in [2.75, 3.05) is 30.8 Å². The number of hydrogen-bond donors (Lipinski definition) is 1. The van der Waals surface area contributed by atoms with E-state index in [4.69, 9.17) is 10.5 Å². The Balaban J connectivity index is 1.52. The summed E-state index contributed by atoms with van der Waals surface area (Å²) in [5.74, 6) is -1.48. The first-order valence-corrected chi connectivity index (χ1v) is 14.9. The van der Waals surface area contributed by atoms with E-state index in [1.165, 1.54) is 11.7 Å². The van der Waals surface area contributed by atoms with Crippen molar-refractivity contribution in [2.45, 2.75) is 71.6 Å². The second-order valence-corrected chi connectivity index (χ2v) is 11.8. The maximum Gasteiger partial charge on any atom is 0.417 e. The number of amides is 1. The van der Waals surface area contributed by atoms with Crippen LogP contribution in [0.2, 0.25) is 0 Å². The van der Waals surface area contributed by atoms with Gasteiger partial charge in [0.05, 0.1) is 47.2 Å². The summed E-state index contributed by atoms with van der Waals surface area (Å²) in [4.78, 5) is 34.9. The van der Waals surface area contributed by atoms with E-state index in [0.29, 0.717) is 56.1 Å². The lowest BCUT2D eigenvalue weighted by Crippen LogP contribution is -2.47. The van der Waals surface area contributed by atoms with Crippen LogP contribution in [0.1, 0.15) is 54.5 Å². The summed E-state index contributed by atoms with van der Waals surface area (Å²) in [6, 6.07) is -0.160. The fourth-order valence-corrected chi connectivity index (χ4v) is 6.80. The highest BCUT2D eigenvalue weighted by Gasteiger charge is 2.42. The van der Waals surface area contributed by atoms with Gasteiger partial charge in [-0.25, -0.2) is 23.5 Å². The first-order valence-electron chi connectivity index (χ1n) is 14.9. The Bertz CT molecular complexity index is 1870. The molecule has 15 heteroatoms. The summed E-state index contributed by atoms with van der Waals surface area (Å²) in [7, 11) is 1.31. The number of alkyl halides is 3. The molecule has 2 atom stereocenters. The zero-order chi connectivity index (χ0) is 33.2. The van der Waals surface area contributed by atoms with Crippen molar-refractivity contribution in [3.63, 3.8) is 0 Å². The average molecular weight is 645 g/mol. The number of anilines is 2. The molecule has 1 saturated heterocycles. The van der Waals surface area contributed by atoms with E-state index in [1.807, 2.05) is 18.7 Å². The van der Waals surface area contributed by atoms with Gasteiger partial charge >= 0.3 is 18.2 Å². The molecule has 1 amide bonds. The summed E-state index contributed by atoms with van der Waals surface area (Å²) in [6.07, 6.45) is -1.20. The number of nitrogen functional groups attached to an aromatic ring is 1. The Morgan fingerprint density at radius 1 is 1.04 bits per heavy atom. The molecule has 0 spiro atoms. The molecule has 0 bridgehead atoms. The summed E-state index contributed by atoms with van der Waals surface area (Å²) in [5, 5.41) is 0.250. The van der Waals surface area contributed by atoms with Gasteiger partial charge < -0.3 is 20.3 Å². The number of ether oxygens (including phenoxy) is 1. The van der Waals surface area contributed by atoms with Crippen molar-refractivity contribution < 1.29 is 31.5 Å². The number of nitrogens with two attached hydrogens (primary N) is 1. The van der Waals surface area contributed by atoms with Crippen molar-refractivity contribution in [2.24, 2.45) is 0 Å². The van der Waals surface area contributed by atoms with Crippen molar-refractivity contribution in [1.82, 2.24) is 29.4 Å². The highest BCUT2D eigenvalue weighted by molar-refractivity contribution is 5.95. The van der Waals surface area contributed by atoms with Crippen LogP contribution >= 0.6 is 0 Å². The molecule has 0 radical (unpaired) electrons. The first kappa shape index (κ1) is 31.4. The van der Waals surface area contributed by atoms with Crippen LogP contribution in [-0.2, 0) is 12.6 Å². The topological polar surface area (TPSA) is 115 Å². The van der Waals surface area contributed by atoms with Crippen molar-refractivity contribution >= 4 is 28.4 Å². The van der Waals surface area contributed by atoms with Gasteiger partial charge in [-0.05, 0) is 65.0 Å². The van der Waals surface area contributed by atoms with Crippen LogP contribution in [-0.4, -0.2) is 67.7 Å². The van der Waals surface area contributed by atoms with Crippen molar-refractivity contribution in [1.29, 1.82) is 0 Å². The van der Waals surface area contributed by atoms with Crippen LogP contribution in [0.5, 0.6) is 6.01 Å². The van der Waals surface area contributed by atoms with E-state index < -0.39 is 45.9 Å². The van der Waals surface area contributed by atoms with Crippen molar-refractivity contribution in [3.05, 3.63) is 52.2 Å². The second kappa shape index (κ2) is 11.4. The van der Waals surface area contributed by atoms with E-state index >= 15 is 4.39 Å². The lowest BCUT2D eigenvalue weighted by Gasteiger charge is -2.36. The number of imidazole rings is 1. The minimum absolute atomic E-state index is 0.191. The predicted octanol–water partition coefficient (Wildman–Crippen LogP) is 5.98. The van der Waals surface area contributed by atoms with Gasteiger partial charge in [-0.3, -0.25) is 4.57 Å². The number of pyridine rings is 1. The minimum atomic E-state index is -5.02. The molecule has 2 aliphatic rings. The van der Waals surface area contributed by atoms with Gasteiger partial charge in [0.15, 0.2) is 5.82 Å². The molecule has 2 unspecified atom stereocenters. The largest absolute Gasteiger partial charge is 0.467 e. The Morgan fingerprint density at radius 2 is 1.78 bits per heavy atom. The van der Waals surface area contributed by atoms with E-state index in [1.54, 1.807) is 18.0 Å². The molecule has 2 N–H and O–H groups in total. The molecule has 46 heavy (non-hydrogen) atoms.